The van der Waals surface area contributed by atoms with Crippen LogP contribution in [-0.4, -0.2) is 48.7 Å². The molecule has 0 radical (unpaired) electrons. The molecule has 3 aromatic rings. The average Bonchev–Trinajstić information content (AvgIpc) is 3.33. The molecule has 0 spiro atoms. The number of aromatic nitrogens is 3. The summed E-state index contributed by atoms with van der Waals surface area (Å²) >= 11 is 0. The molecule has 7 nitrogen and oxygen atoms in total. The van der Waals surface area contributed by atoms with E-state index in [1.165, 1.54) is 0 Å². The van der Waals surface area contributed by atoms with Crippen LogP contribution in [0.3, 0.4) is 0 Å². The van der Waals surface area contributed by atoms with E-state index in [0.29, 0.717) is 19.9 Å². The zero-order valence-electron chi connectivity index (χ0n) is 18.2. The van der Waals surface area contributed by atoms with Gasteiger partial charge < -0.3 is 9.47 Å². The number of nitrogens with zero attached hydrogens (tertiary/aromatic N) is 4. The highest BCUT2D eigenvalue weighted by atomic mass is 28.3. The van der Waals surface area contributed by atoms with E-state index in [-0.39, 0.29) is 6.09 Å². The SMILES string of the molecule is C[Si](C)(C)CCOCn1nc(/C=C/c2ccccn2)c2cc(N3CCOC3=O)ccc21. The summed E-state index contributed by atoms with van der Waals surface area (Å²) in [7, 11) is -1.15. The van der Waals surface area contributed by atoms with E-state index >= 15 is 0 Å². The lowest BCUT2D eigenvalue weighted by molar-refractivity contribution is 0.0816. The minimum Gasteiger partial charge on any atom is -0.447 e. The van der Waals surface area contributed by atoms with Gasteiger partial charge in [-0.1, -0.05) is 25.7 Å². The summed E-state index contributed by atoms with van der Waals surface area (Å²) in [6.45, 7) is 9.10. The first-order valence-electron chi connectivity index (χ1n) is 10.5. The molecule has 8 heteroatoms. The zero-order valence-corrected chi connectivity index (χ0v) is 19.2. The van der Waals surface area contributed by atoms with Crippen LogP contribution in [0.15, 0.2) is 42.6 Å². The predicted octanol–water partition coefficient (Wildman–Crippen LogP) is 4.87. The molecule has 162 valence electrons. The van der Waals surface area contributed by atoms with E-state index in [0.717, 1.165) is 40.6 Å². The third-order valence-electron chi connectivity index (χ3n) is 5.14. The molecule has 3 heterocycles. The summed E-state index contributed by atoms with van der Waals surface area (Å²) in [6, 6.07) is 12.8. The Morgan fingerprint density at radius 3 is 2.77 bits per heavy atom. The number of benzene rings is 1. The molecular formula is C23H28N4O3Si. The van der Waals surface area contributed by atoms with Crippen LogP contribution in [0.2, 0.25) is 25.7 Å². The zero-order chi connectivity index (χ0) is 21.8. The minimum atomic E-state index is -1.15. The van der Waals surface area contributed by atoms with Crippen LogP contribution in [0.4, 0.5) is 10.5 Å². The van der Waals surface area contributed by atoms with Crippen molar-refractivity contribution in [3.05, 3.63) is 54.0 Å². The monoisotopic (exact) mass is 436 g/mol. The van der Waals surface area contributed by atoms with Crippen molar-refractivity contribution in [3.8, 4) is 0 Å². The van der Waals surface area contributed by atoms with E-state index in [1.807, 2.05) is 53.2 Å². The second kappa shape index (κ2) is 9.03. The van der Waals surface area contributed by atoms with Gasteiger partial charge in [0.05, 0.1) is 23.4 Å². The first kappa shape index (κ1) is 21.3. The first-order chi connectivity index (χ1) is 14.9. The van der Waals surface area contributed by atoms with Gasteiger partial charge in [-0.15, -0.1) is 0 Å². The number of pyridine rings is 1. The lowest BCUT2D eigenvalue weighted by atomic mass is 10.1. The van der Waals surface area contributed by atoms with Crippen LogP contribution in [0.5, 0.6) is 0 Å². The number of amides is 1. The Bertz CT molecular complexity index is 1090. The molecule has 0 N–H and O–H groups in total. The molecule has 1 fully saturated rings. The number of fused-ring (bicyclic) bond motifs is 1. The van der Waals surface area contributed by atoms with Crippen molar-refractivity contribution in [2.45, 2.75) is 32.4 Å². The Balaban J connectivity index is 1.64. The third-order valence-corrected chi connectivity index (χ3v) is 6.85. The molecule has 0 bridgehead atoms. The average molecular weight is 437 g/mol. The van der Waals surface area contributed by atoms with Crippen molar-refractivity contribution in [2.75, 3.05) is 24.7 Å². The number of cyclic esters (lactones) is 1. The first-order valence-corrected chi connectivity index (χ1v) is 14.2. The Kier molecular flexibility index (Phi) is 6.19. The van der Waals surface area contributed by atoms with Gasteiger partial charge in [0, 0.05) is 32.0 Å². The van der Waals surface area contributed by atoms with E-state index in [9.17, 15) is 4.79 Å². The molecule has 0 atom stereocenters. The third kappa shape index (κ3) is 5.21. The maximum Gasteiger partial charge on any atom is 0.414 e. The Morgan fingerprint density at radius 1 is 1.19 bits per heavy atom. The van der Waals surface area contributed by atoms with Crippen molar-refractivity contribution in [1.29, 1.82) is 0 Å². The molecule has 1 aromatic carbocycles. The highest BCUT2D eigenvalue weighted by molar-refractivity contribution is 6.76. The van der Waals surface area contributed by atoms with Crippen LogP contribution in [0.25, 0.3) is 23.1 Å². The van der Waals surface area contributed by atoms with Gasteiger partial charge in [0.1, 0.15) is 13.3 Å². The fraction of sp³-hybridized carbons (Fsp3) is 0.348. The standard InChI is InChI=1S/C23H28N4O3Si/c1-31(2,3)15-14-29-17-27-22-10-8-19(26-12-13-30-23(26)28)16-20(22)21(25-27)9-7-18-6-4-5-11-24-18/h4-11,16H,12-15,17H2,1-3H3/b9-7+. The van der Waals surface area contributed by atoms with Crippen LogP contribution < -0.4 is 4.90 Å². The van der Waals surface area contributed by atoms with Gasteiger partial charge in [0.15, 0.2) is 0 Å². The fourth-order valence-electron chi connectivity index (χ4n) is 3.38. The summed E-state index contributed by atoms with van der Waals surface area (Å²) in [5.74, 6) is 0. The molecule has 0 aliphatic carbocycles. The molecule has 2 aromatic heterocycles. The summed E-state index contributed by atoms with van der Waals surface area (Å²) in [5, 5.41) is 5.74. The van der Waals surface area contributed by atoms with Crippen LogP contribution in [0.1, 0.15) is 11.4 Å². The molecule has 4 rings (SSSR count). The second-order valence-electron chi connectivity index (χ2n) is 8.79. The molecule has 31 heavy (non-hydrogen) atoms. The van der Waals surface area contributed by atoms with Crippen molar-refractivity contribution in [1.82, 2.24) is 14.8 Å². The minimum absolute atomic E-state index is 0.313. The number of carbonyl (C=O) groups is 1. The van der Waals surface area contributed by atoms with E-state index in [2.05, 4.69) is 24.6 Å². The van der Waals surface area contributed by atoms with Crippen molar-refractivity contribution < 1.29 is 14.3 Å². The summed E-state index contributed by atoms with van der Waals surface area (Å²) < 4.78 is 12.9. The van der Waals surface area contributed by atoms with Crippen molar-refractivity contribution in [2.24, 2.45) is 0 Å². The van der Waals surface area contributed by atoms with Gasteiger partial charge in [-0.05, 0) is 48.5 Å². The number of hydrogen-bond acceptors (Lipinski definition) is 5. The van der Waals surface area contributed by atoms with Crippen molar-refractivity contribution in [3.63, 3.8) is 0 Å². The van der Waals surface area contributed by atoms with E-state index in [1.54, 1.807) is 11.1 Å². The smallest absolute Gasteiger partial charge is 0.414 e. The Hall–Kier alpha value is -2.97. The number of carbonyl (C=O) groups excluding carboxylic acids is 1. The van der Waals surface area contributed by atoms with Gasteiger partial charge in [0.25, 0.3) is 0 Å². The van der Waals surface area contributed by atoms with Gasteiger partial charge in [-0.3, -0.25) is 9.88 Å². The molecule has 0 saturated carbocycles. The molecule has 1 saturated heterocycles. The summed E-state index contributed by atoms with van der Waals surface area (Å²) in [4.78, 5) is 18.0. The topological polar surface area (TPSA) is 69.5 Å². The lowest BCUT2D eigenvalue weighted by Crippen LogP contribution is -2.23. The van der Waals surface area contributed by atoms with Gasteiger partial charge in [0.2, 0.25) is 0 Å². The Labute approximate surface area is 183 Å². The molecular weight excluding hydrogens is 408 g/mol. The molecule has 1 amide bonds. The number of rotatable bonds is 8. The predicted molar refractivity (Wildman–Crippen MR) is 126 cm³/mol. The van der Waals surface area contributed by atoms with Gasteiger partial charge >= 0.3 is 6.09 Å². The number of anilines is 1. The van der Waals surface area contributed by atoms with E-state index in [4.69, 9.17) is 14.6 Å². The molecule has 1 aliphatic rings. The number of ether oxygens (including phenoxy) is 2. The second-order valence-corrected chi connectivity index (χ2v) is 14.4. The largest absolute Gasteiger partial charge is 0.447 e. The van der Waals surface area contributed by atoms with Gasteiger partial charge in [-0.2, -0.15) is 5.10 Å². The molecule has 1 aliphatic heterocycles. The summed E-state index contributed by atoms with van der Waals surface area (Å²) in [5.41, 5.74) is 3.44. The quantitative estimate of drug-likeness (QED) is 0.372. The fourth-order valence-corrected chi connectivity index (χ4v) is 4.13. The van der Waals surface area contributed by atoms with Crippen LogP contribution in [-0.2, 0) is 16.2 Å². The normalized spacial score (nSPS) is 14.7. The van der Waals surface area contributed by atoms with Crippen molar-refractivity contribution >= 4 is 42.9 Å². The molecule has 0 unspecified atom stereocenters. The van der Waals surface area contributed by atoms with Gasteiger partial charge in [-0.25, -0.2) is 9.48 Å². The maximum atomic E-state index is 12.0. The highest BCUT2D eigenvalue weighted by Gasteiger charge is 2.24. The van der Waals surface area contributed by atoms with Crippen LogP contribution >= 0.6 is 0 Å². The van der Waals surface area contributed by atoms with E-state index < -0.39 is 8.07 Å². The Morgan fingerprint density at radius 2 is 2.06 bits per heavy atom. The maximum absolute atomic E-state index is 12.0. The summed E-state index contributed by atoms with van der Waals surface area (Å²) in [6.07, 6.45) is 5.34. The highest BCUT2D eigenvalue weighted by Crippen LogP contribution is 2.28. The van der Waals surface area contributed by atoms with Crippen LogP contribution in [0, 0.1) is 0 Å². The lowest BCUT2D eigenvalue weighted by Gasteiger charge is -2.15. The number of hydrogen-bond donors (Lipinski definition) is 0.